The van der Waals surface area contributed by atoms with E-state index in [2.05, 4.69) is 31.2 Å². The van der Waals surface area contributed by atoms with Crippen molar-refractivity contribution >= 4 is 10.8 Å². The normalized spacial score (nSPS) is 23.1. The number of fused-ring (bicyclic) bond motifs is 1. The number of aryl methyl sites for hydroxylation is 1. The van der Waals surface area contributed by atoms with Gasteiger partial charge in [-0.25, -0.2) is 0 Å². The number of benzene rings is 2. The molecule has 110 valence electrons. The molecule has 4 nitrogen and oxygen atoms in total. The number of ether oxygens (including phenoxy) is 4. The van der Waals surface area contributed by atoms with Crippen LogP contribution in [-0.4, -0.2) is 38.6 Å². The molecule has 2 aliphatic rings. The lowest BCUT2D eigenvalue weighted by Crippen LogP contribution is -2.05. The van der Waals surface area contributed by atoms with Gasteiger partial charge in [0.1, 0.15) is 36.9 Å². The Bertz CT molecular complexity index is 659. The maximum absolute atomic E-state index is 5.81. The highest BCUT2D eigenvalue weighted by Gasteiger charge is 2.24. The van der Waals surface area contributed by atoms with Crippen molar-refractivity contribution in [3.8, 4) is 11.5 Å². The minimum absolute atomic E-state index is 0.278. The Labute approximate surface area is 123 Å². The minimum atomic E-state index is 0.278. The van der Waals surface area contributed by atoms with Crippen molar-refractivity contribution in [2.45, 2.75) is 19.1 Å². The third kappa shape index (κ3) is 3.12. The average Bonchev–Trinajstić information content (AvgIpc) is 3.37. The second kappa shape index (κ2) is 5.20. The SMILES string of the molecule is Cc1cc2cc(OCC3CO3)ccc2cc1OCC1CO1. The van der Waals surface area contributed by atoms with Gasteiger partial charge in [0.05, 0.1) is 13.2 Å². The summed E-state index contributed by atoms with van der Waals surface area (Å²) in [5.41, 5.74) is 1.13. The van der Waals surface area contributed by atoms with Gasteiger partial charge in [0.25, 0.3) is 0 Å². The van der Waals surface area contributed by atoms with Gasteiger partial charge in [-0.1, -0.05) is 6.07 Å². The highest BCUT2D eigenvalue weighted by molar-refractivity contribution is 5.86. The van der Waals surface area contributed by atoms with Crippen LogP contribution in [0.1, 0.15) is 5.56 Å². The summed E-state index contributed by atoms with van der Waals surface area (Å²) in [6.45, 7) is 4.96. The summed E-state index contributed by atoms with van der Waals surface area (Å²) in [5, 5.41) is 2.32. The minimum Gasteiger partial charge on any atom is -0.491 e. The van der Waals surface area contributed by atoms with Crippen LogP contribution in [0.3, 0.4) is 0 Å². The molecule has 0 bridgehead atoms. The van der Waals surface area contributed by atoms with Gasteiger partial charge < -0.3 is 18.9 Å². The molecule has 0 N–H and O–H groups in total. The van der Waals surface area contributed by atoms with E-state index in [4.69, 9.17) is 18.9 Å². The molecular formula is C17H18O4. The molecule has 2 saturated heterocycles. The Kier molecular flexibility index (Phi) is 3.20. The molecule has 4 heteroatoms. The number of epoxide rings is 2. The van der Waals surface area contributed by atoms with Crippen LogP contribution in [0.25, 0.3) is 10.8 Å². The summed E-state index contributed by atoms with van der Waals surface area (Å²) in [5.74, 6) is 1.82. The predicted molar refractivity (Wildman–Crippen MR) is 79.2 cm³/mol. The fraction of sp³-hybridized carbons (Fsp3) is 0.412. The zero-order chi connectivity index (χ0) is 14.2. The second-order valence-electron chi connectivity index (χ2n) is 5.66. The lowest BCUT2D eigenvalue weighted by molar-refractivity contribution is 0.262. The Morgan fingerprint density at radius 2 is 1.67 bits per heavy atom. The molecule has 4 rings (SSSR count). The topological polar surface area (TPSA) is 43.5 Å². The third-order valence-corrected chi connectivity index (χ3v) is 3.77. The summed E-state index contributed by atoms with van der Waals surface area (Å²) < 4.78 is 21.9. The molecule has 0 aromatic heterocycles. The van der Waals surface area contributed by atoms with Crippen LogP contribution in [0.15, 0.2) is 30.3 Å². The van der Waals surface area contributed by atoms with E-state index < -0.39 is 0 Å². The van der Waals surface area contributed by atoms with E-state index in [0.717, 1.165) is 41.0 Å². The van der Waals surface area contributed by atoms with Gasteiger partial charge in [-0.3, -0.25) is 0 Å². The van der Waals surface area contributed by atoms with E-state index in [1.165, 1.54) is 0 Å². The Morgan fingerprint density at radius 3 is 2.38 bits per heavy atom. The molecule has 0 amide bonds. The van der Waals surface area contributed by atoms with Gasteiger partial charge in [0, 0.05) is 0 Å². The van der Waals surface area contributed by atoms with E-state index in [9.17, 15) is 0 Å². The molecule has 2 aliphatic heterocycles. The number of hydrogen-bond donors (Lipinski definition) is 0. The molecule has 0 radical (unpaired) electrons. The molecule has 2 fully saturated rings. The summed E-state index contributed by atoms with van der Waals surface area (Å²) in [6.07, 6.45) is 0.559. The molecular weight excluding hydrogens is 268 g/mol. The van der Waals surface area contributed by atoms with Crippen LogP contribution >= 0.6 is 0 Å². The zero-order valence-corrected chi connectivity index (χ0v) is 12.0. The fourth-order valence-electron chi connectivity index (χ4n) is 2.31. The summed E-state index contributed by atoms with van der Waals surface area (Å²) in [4.78, 5) is 0. The van der Waals surface area contributed by atoms with E-state index in [0.29, 0.717) is 13.2 Å². The fourth-order valence-corrected chi connectivity index (χ4v) is 2.31. The van der Waals surface area contributed by atoms with Gasteiger partial charge in [-0.05, 0) is 47.5 Å². The molecule has 2 heterocycles. The van der Waals surface area contributed by atoms with Crippen molar-refractivity contribution in [3.05, 3.63) is 35.9 Å². The quantitative estimate of drug-likeness (QED) is 0.766. The molecule has 0 saturated carbocycles. The van der Waals surface area contributed by atoms with Crippen LogP contribution in [-0.2, 0) is 9.47 Å². The highest BCUT2D eigenvalue weighted by Crippen LogP contribution is 2.29. The second-order valence-corrected chi connectivity index (χ2v) is 5.66. The van der Waals surface area contributed by atoms with Crippen LogP contribution in [0.4, 0.5) is 0 Å². The standard InChI is InChI=1S/C17H18O4/c1-11-4-13-5-14(18-7-15-8-19-15)3-2-12(13)6-17(11)21-10-16-9-20-16/h2-6,15-16H,7-10H2,1H3. The predicted octanol–water partition coefficient (Wildman–Crippen LogP) is 2.70. The maximum Gasteiger partial charge on any atom is 0.122 e. The summed E-state index contributed by atoms with van der Waals surface area (Å²) in [6, 6.07) is 10.4. The van der Waals surface area contributed by atoms with Gasteiger partial charge in [-0.2, -0.15) is 0 Å². The van der Waals surface area contributed by atoms with Crippen molar-refractivity contribution in [2.75, 3.05) is 26.4 Å². The van der Waals surface area contributed by atoms with Gasteiger partial charge in [0.2, 0.25) is 0 Å². The van der Waals surface area contributed by atoms with Crippen molar-refractivity contribution in [1.29, 1.82) is 0 Å². The van der Waals surface area contributed by atoms with Gasteiger partial charge in [-0.15, -0.1) is 0 Å². The molecule has 0 aliphatic carbocycles. The van der Waals surface area contributed by atoms with Crippen molar-refractivity contribution in [3.63, 3.8) is 0 Å². The van der Waals surface area contributed by atoms with Crippen molar-refractivity contribution < 1.29 is 18.9 Å². The highest BCUT2D eigenvalue weighted by atomic mass is 16.6. The monoisotopic (exact) mass is 286 g/mol. The number of hydrogen-bond acceptors (Lipinski definition) is 4. The lowest BCUT2D eigenvalue weighted by Gasteiger charge is -2.11. The molecule has 2 aromatic rings. The van der Waals surface area contributed by atoms with E-state index >= 15 is 0 Å². The molecule has 0 spiro atoms. The molecule has 2 aromatic carbocycles. The van der Waals surface area contributed by atoms with Gasteiger partial charge >= 0.3 is 0 Å². The largest absolute Gasteiger partial charge is 0.491 e. The lowest BCUT2D eigenvalue weighted by atomic mass is 10.1. The smallest absolute Gasteiger partial charge is 0.122 e. The molecule has 2 unspecified atom stereocenters. The Morgan fingerprint density at radius 1 is 0.952 bits per heavy atom. The summed E-state index contributed by atoms with van der Waals surface area (Å²) >= 11 is 0. The van der Waals surface area contributed by atoms with Crippen LogP contribution in [0.2, 0.25) is 0 Å². The number of rotatable bonds is 6. The van der Waals surface area contributed by atoms with Gasteiger partial charge in [0.15, 0.2) is 0 Å². The first-order valence-electron chi connectivity index (χ1n) is 7.31. The Balaban J connectivity index is 1.53. The first-order valence-corrected chi connectivity index (χ1v) is 7.31. The first-order chi connectivity index (χ1) is 10.3. The van der Waals surface area contributed by atoms with Crippen molar-refractivity contribution in [1.82, 2.24) is 0 Å². The molecule has 21 heavy (non-hydrogen) atoms. The van der Waals surface area contributed by atoms with Crippen molar-refractivity contribution in [2.24, 2.45) is 0 Å². The maximum atomic E-state index is 5.81. The molecule has 2 atom stereocenters. The van der Waals surface area contributed by atoms with Crippen LogP contribution in [0, 0.1) is 6.92 Å². The zero-order valence-electron chi connectivity index (χ0n) is 12.0. The van der Waals surface area contributed by atoms with E-state index in [1.54, 1.807) is 0 Å². The van der Waals surface area contributed by atoms with Crippen LogP contribution in [0.5, 0.6) is 11.5 Å². The van der Waals surface area contributed by atoms with E-state index in [-0.39, 0.29) is 12.2 Å². The average molecular weight is 286 g/mol. The Hall–Kier alpha value is -1.78. The third-order valence-electron chi connectivity index (χ3n) is 3.77. The summed E-state index contributed by atoms with van der Waals surface area (Å²) in [7, 11) is 0. The first kappa shape index (κ1) is 12.9. The van der Waals surface area contributed by atoms with E-state index in [1.807, 2.05) is 6.07 Å². The van der Waals surface area contributed by atoms with Crippen LogP contribution < -0.4 is 9.47 Å².